The van der Waals surface area contributed by atoms with E-state index in [0.29, 0.717) is 52.3 Å². The molecule has 2 aromatic heterocycles. The van der Waals surface area contributed by atoms with Gasteiger partial charge in [0.05, 0.1) is 48.2 Å². The normalized spacial score (nSPS) is 15.2. The summed E-state index contributed by atoms with van der Waals surface area (Å²) in [6.45, 7) is 8.25. The Morgan fingerprint density at radius 3 is 2.47 bits per heavy atom. The molecule has 1 aromatic carbocycles. The maximum Gasteiger partial charge on any atom is 0.256 e. The molecule has 7 nitrogen and oxygen atoms in total. The van der Waals surface area contributed by atoms with Gasteiger partial charge in [0.1, 0.15) is 22.5 Å². The van der Waals surface area contributed by atoms with E-state index < -0.39 is 17.2 Å². The number of nitrogens with two attached hydrogens (primary N) is 1. The van der Waals surface area contributed by atoms with Gasteiger partial charge in [-0.1, -0.05) is 12.7 Å². The third-order valence-corrected chi connectivity index (χ3v) is 7.15. The highest BCUT2D eigenvalue weighted by molar-refractivity contribution is 7.19. The van der Waals surface area contributed by atoms with Gasteiger partial charge in [0.15, 0.2) is 0 Å². The standard InChI is InChI=1S/C25H23F2N3O3S.CH5N/c1-4-13-7-20(22-17(26)8-14(9-18(22)27)25(2,3)32)34-23(13)29-21-6-5-16-19(28-21)10-30(24(16)31)15-11-33-12-15;1-2/h4-9,15,32H,1,10-12H2,2-3H3,(H,28,29);2H2,1H3. The van der Waals surface area contributed by atoms with Gasteiger partial charge in [-0.15, -0.1) is 11.3 Å². The fourth-order valence-electron chi connectivity index (χ4n) is 4.03. The Balaban J connectivity index is 0.00000148. The van der Waals surface area contributed by atoms with Crippen LogP contribution >= 0.6 is 11.3 Å². The summed E-state index contributed by atoms with van der Waals surface area (Å²) in [7, 11) is 1.50. The number of rotatable bonds is 6. The van der Waals surface area contributed by atoms with Crippen LogP contribution in [0.4, 0.5) is 19.6 Å². The number of aromatic nitrogens is 1. The third kappa shape index (κ3) is 4.77. The first-order valence-corrected chi connectivity index (χ1v) is 12.2. The van der Waals surface area contributed by atoms with Crippen LogP contribution in [0.2, 0.25) is 0 Å². The summed E-state index contributed by atoms with van der Waals surface area (Å²) in [5.41, 5.74) is 5.04. The van der Waals surface area contributed by atoms with Crippen LogP contribution in [0.3, 0.4) is 0 Å². The first kappa shape index (κ1) is 25.9. The number of pyridine rings is 1. The van der Waals surface area contributed by atoms with Crippen molar-refractivity contribution in [1.82, 2.24) is 9.88 Å². The Hall–Kier alpha value is -3.18. The predicted molar refractivity (Wildman–Crippen MR) is 137 cm³/mol. The largest absolute Gasteiger partial charge is 0.386 e. The van der Waals surface area contributed by atoms with Crippen molar-refractivity contribution < 1.29 is 23.4 Å². The van der Waals surface area contributed by atoms with Gasteiger partial charge in [-0.05, 0) is 56.8 Å². The molecule has 4 N–H and O–H groups in total. The summed E-state index contributed by atoms with van der Waals surface area (Å²) in [6.07, 6.45) is 1.60. The van der Waals surface area contributed by atoms with Crippen molar-refractivity contribution in [2.24, 2.45) is 5.73 Å². The molecule has 0 saturated carbocycles. The number of aliphatic hydroxyl groups is 1. The van der Waals surface area contributed by atoms with Crippen LogP contribution in [0, 0.1) is 11.6 Å². The summed E-state index contributed by atoms with van der Waals surface area (Å²) >= 11 is 1.17. The summed E-state index contributed by atoms with van der Waals surface area (Å²) < 4.78 is 34.9. The summed E-state index contributed by atoms with van der Waals surface area (Å²) in [5.74, 6) is -1.04. The molecule has 0 bridgehead atoms. The van der Waals surface area contributed by atoms with Crippen molar-refractivity contribution >= 4 is 34.1 Å². The van der Waals surface area contributed by atoms with E-state index in [1.54, 1.807) is 29.2 Å². The van der Waals surface area contributed by atoms with E-state index in [-0.39, 0.29) is 23.1 Å². The molecule has 0 radical (unpaired) electrons. The number of hydrogen-bond acceptors (Lipinski definition) is 7. The number of halogens is 2. The van der Waals surface area contributed by atoms with Crippen LogP contribution in [-0.4, -0.2) is 47.2 Å². The van der Waals surface area contributed by atoms with Crippen molar-refractivity contribution in [2.75, 3.05) is 25.6 Å². The van der Waals surface area contributed by atoms with E-state index in [4.69, 9.17) is 4.74 Å². The average molecular weight is 515 g/mol. The lowest BCUT2D eigenvalue weighted by molar-refractivity contribution is -0.0542. The lowest BCUT2D eigenvalue weighted by Gasteiger charge is -2.34. The van der Waals surface area contributed by atoms with Crippen molar-refractivity contribution in [2.45, 2.75) is 32.0 Å². The topological polar surface area (TPSA) is 101 Å². The van der Waals surface area contributed by atoms with E-state index in [1.807, 2.05) is 0 Å². The zero-order valence-corrected chi connectivity index (χ0v) is 21.1. The van der Waals surface area contributed by atoms with Crippen LogP contribution in [0.1, 0.15) is 41.0 Å². The number of carbonyl (C=O) groups is 1. The van der Waals surface area contributed by atoms with Gasteiger partial charge < -0.3 is 25.8 Å². The number of ether oxygens (including phenoxy) is 1. The number of carbonyl (C=O) groups excluding carboxylic acids is 1. The summed E-state index contributed by atoms with van der Waals surface area (Å²) in [5, 5.41) is 13.9. The molecule has 4 heterocycles. The molecule has 10 heteroatoms. The predicted octanol–water partition coefficient (Wildman–Crippen LogP) is 4.63. The molecule has 0 unspecified atom stereocenters. The van der Waals surface area contributed by atoms with Crippen LogP contribution in [0.25, 0.3) is 16.5 Å². The van der Waals surface area contributed by atoms with Crippen molar-refractivity contribution in [3.8, 4) is 10.4 Å². The first-order chi connectivity index (χ1) is 17.2. The monoisotopic (exact) mass is 514 g/mol. The molecular weight excluding hydrogens is 486 g/mol. The van der Waals surface area contributed by atoms with Gasteiger partial charge in [0.2, 0.25) is 0 Å². The van der Waals surface area contributed by atoms with Crippen LogP contribution in [0.15, 0.2) is 36.9 Å². The van der Waals surface area contributed by atoms with E-state index in [1.165, 1.54) is 32.2 Å². The number of benzene rings is 1. The van der Waals surface area contributed by atoms with Gasteiger partial charge >= 0.3 is 0 Å². The van der Waals surface area contributed by atoms with Crippen molar-refractivity contribution in [3.05, 3.63) is 70.9 Å². The molecular formula is C26H28F2N4O3S. The molecule has 5 rings (SSSR count). The number of amides is 1. The fraction of sp³-hybridized carbons (Fsp3) is 0.308. The Morgan fingerprint density at radius 1 is 1.25 bits per heavy atom. The quantitative estimate of drug-likeness (QED) is 0.444. The maximum atomic E-state index is 14.9. The Morgan fingerprint density at radius 2 is 1.92 bits per heavy atom. The molecule has 2 aliphatic heterocycles. The molecule has 0 spiro atoms. The van der Waals surface area contributed by atoms with Gasteiger partial charge in [0, 0.05) is 10.4 Å². The van der Waals surface area contributed by atoms with Gasteiger partial charge in [-0.3, -0.25) is 4.79 Å². The van der Waals surface area contributed by atoms with E-state index >= 15 is 0 Å². The second-order valence-corrected chi connectivity index (χ2v) is 9.97. The Labute approximate surface area is 212 Å². The molecule has 0 atom stereocenters. The fourth-order valence-corrected chi connectivity index (χ4v) is 5.15. The van der Waals surface area contributed by atoms with Crippen LogP contribution in [-0.2, 0) is 16.9 Å². The van der Waals surface area contributed by atoms with Crippen molar-refractivity contribution in [3.63, 3.8) is 0 Å². The van der Waals surface area contributed by atoms with Crippen molar-refractivity contribution in [1.29, 1.82) is 0 Å². The highest BCUT2D eigenvalue weighted by atomic mass is 32.1. The number of anilines is 2. The third-order valence-electron chi connectivity index (χ3n) is 6.06. The minimum Gasteiger partial charge on any atom is -0.386 e. The molecule has 1 saturated heterocycles. The summed E-state index contributed by atoms with van der Waals surface area (Å²) in [4.78, 5) is 19.4. The van der Waals surface area contributed by atoms with E-state index in [9.17, 15) is 18.7 Å². The van der Waals surface area contributed by atoms with Crippen LogP contribution in [0.5, 0.6) is 0 Å². The van der Waals surface area contributed by atoms with Gasteiger partial charge in [-0.25, -0.2) is 13.8 Å². The second kappa shape index (κ2) is 10.1. The Bertz CT molecular complexity index is 1290. The molecule has 3 aromatic rings. The number of nitrogens with zero attached hydrogens (tertiary/aromatic N) is 2. The molecule has 1 amide bonds. The van der Waals surface area contributed by atoms with E-state index in [0.717, 1.165) is 12.1 Å². The highest BCUT2D eigenvalue weighted by Crippen LogP contribution is 2.41. The Kier molecular flexibility index (Phi) is 7.24. The lowest BCUT2D eigenvalue weighted by Crippen LogP contribution is -2.48. The number of thiophene rings is 1. The summed E-state index contributed by atoms with van der Waals surface area (Å²) in [6, 6.07) is 7.48. The number of fused-ring (bicyclic) bond motifs is 1. The van der Waals surface area contributed by atoms with Crippen LogP contribution < -0.4 is 11.1 Å². The molecule has 190 valence electrons. The van der Waals surface area contributed by atoms with Gasteiger partial charge in [0.25, 0.3) is 5.91 Å². The lowest BCUT2D eigenvalue weighted by atomic mass is 9.96. The number of nitrogens with one attached hydrogen (secondary N) is 1. The highest BCUT2D eigenvalue weighted by Gasteiger charge is 2.37. The van der Waals surface area contributed by atoms with E-state index in [2.05, 4.69) is 22.6 Å². The zero-order chi connectivity index (χ0) is 26.2. The molecule has 36 heavy (non-hydrogen) atoms. The second-order valence-electron chi connectivity index (χ2n) is 8.91. The molecule has 0 aliphatic carbocycles. The number of hydrogen-bond donors (Lipinski definition) is 3. The molecule has 2 aliphatic rings. The molecule has 1 fully saturated rings. The van der Waals surface area contributed by atoms with Gasteiger partial charge in [-0.2, -0.15) is 0 Å². The first-order valence-electron chi connectivity index (χ1n) is 11.4. The maximum absolute atomic E-state index is 14.9. The zero-order valence-electron chi connectivity index (χ0n) is 20.3. The minimum absolute atomic E-state index is 0.0482. The average Bonchev–Trinajstić information content (AvgIpc) is 3.33. The SMILES string of the molecule is C=Cc1cc(-c2c(F)cc(C(C)(C)O)cc2F)sc1Nc1ccc2c(n1)CN(C1COC1)C2=O.CN. The minimum atomic E-state index is -1.36. The smallest absolute Gasteiger partial charge is 0.256 e.